The molecule has 0 saturated heterocycles. The lowest BCUT2D eigenvalue weighted by atomic mass is 10.1. The third-order valence-electron chi connectivity index (χ3n) is 4.77. The van der Waals surface area contributed by atoms with Crippen LogP contribution in [0.25, 0.3) is 21.0 Å². The molecular weight excluding hydrogens is 430 g/mol. The predicted octanol–water partition coefficient (Wildman–Crippen LogP) is 5.76. The van der Waals surface area contributed by atoms with Gasteiger partial charge in [0.1, 0.15) is 5.82 Å². The Bertz CT molecular complexity index is 1400. The molecule has 0 saturated carbocycles. The lowest BCUT2D eigenvalue weighted by molar-refractivity contribution is 0.101. The maximum atomic E-state index is 12.7. The fourth-order valence-corrected chi connectivity index (χ4v) is 4.09. The van der Waals surface area contributed by atoms with Gasteiger partial charge >= 0.3 is 0 Å². The zero-order valence-corrected chi connectivity index (χ0v) is 17.7. The average Bonchev–Trinajstić information content (AvgIpc) is 3.26. The van der Waals surface area contributed by atoms with Gasteiger partial charge in [-0.15, -0.1) is 11.3 Å². The number of benzene rings is 2. The number of aromatic nitrogens is 3. The number of halogens is 1. The molecule has 2 N–H and O–H groups in total. The zero-order chi connectivity index (χ0) is 21.2. The number of hydrogen-bond donors (Lipinski definition) is 2. The highest BCUT2D eigenvalue weighted by molar-refractivity contribution is 7.17. The SMILES string of the molecule is O=C(Nc1cc2ccccc2c(CNc2ccc(Cl)cc2)n1)c1ncc2sccc2n1. The molecule has 8 heteroatoms. The minimum absolute atomic E-state index is 0.113. The van der Waals surface area contributed by atoms with E-state index in [1.54, 1.807) is 6.20 Å². The van der Waals surface area contributed by atoms with E-state index in [1.807, 2.05) is 66.0 Å². The van der Waals surface area contributed by atoms with Crippen molar-refractivity contribution in [3.8, 4) is 0 Å². The maximum absolute atomic E-state index is 12.7. The van der Waals surface area contributed by atoms with Crippen molar-refractivity contribution < 1.29 is 4.79 Å². The van der Waals surface area contributed by atoms with Crippen LogP contribution in [0.2, 0.25) is 5.02 Å². The second-order valence-corrected chi connectivity index (χ2v) is 8.24. The fraction of sp³-hybridized carbons (Fsp3) is 0.0435. The molecule has 0 aliphatic heterocycles. The molecule has 152 valence electrons. The van der Waals surface area contributed by atoms with Crippen molar-refractivity contribution >= 4 is 61.3 Å². The minimum atomic E-state index is -0.396. The number of thiophene rings is 1. The van der Waals surface area contributed by atoms with Crippen LogP contribution >= 0.6 is 22.9 Å². The number of nitrogens with zero attached hydrogens (tertiary/aromatic N) is 3. The Labute approximate surface area is 187 Å². The number of anilines is 2. The molecule has 5 rings (SSSR count). The van der Waals surface area contributed by atoms with Crippen LogP contribution in [0, 0.1) is 0 Å². The summed E-state index contributed by atoms with van der Waals surface area (Å²) in [5.41, 5.74) is 2.50. The quantitative estimate of drug-likeness (QED) is 0.359. The summed E-state index contributed by atoms with van der Waals surface area (Å²) in [6.45, 7) is 0.489. The van der Waals surface area contributed by atoms with Crippen LogP contribution in [0.15, 0.2) is 72.2 Å². The van der Waals surface area contributed by atoms with Crippen LogP contribution in [0.5, 0.6) is 0 Å². The van der Waals surface area contributed by atoms with E-state index < -0.39 is 5.91 Å². The van der Waals surface area contributed by atoms with E-state index in [-0.39, 0.29) is 5.82 Å². The summed E-state index contributed by atoms with van der Waals surface area (Å²) in [6.07, 6.45) is 1.66. The van der Waals surface area contributed by atoms with Crippen LogP contribution < -0.4 is 10.6 Å². The van der Waals surface area contributed by atoms with E-state index in [2.05, 4.69) is 25.6 Å². The monoisotopic (exact) mass is 445 g/mol. The molecule has 0 aliphatic carbocycles. The van der Waals surface area contributed by atoms with Gasteiger partial charge in [0, 0.05) is 22.3 Å². The number of hydrogen-bond acceptors (Lipinski definition) is 6. The number of carbonyl (C=O) groups excluding carboxylic acids is 1. The Hall–Kier alpha value is -3.55. The summed E-state index contributed by atoms with van der Waals surface area (Å²) in [4.78, 5) is 25.9. The normalized spacial score (nSPS) is 11.0. The highest BCUT2D eigenvalue weighted by Gasteiger charge is 2.13. The molecule has 6 nitrogen and oxygen atoms in total. The van der Waals surface area contributed by atoms with Crippen LogP contribution in [0.3, 0.4) is 0 Å². The first-order valence-electron chi connectivity index (χ1n) is 9.55. The van der Waals surface area contributed by atoms with E-state index in [1.165, 1.54) is 11.3 Å². The second-order valence-electron chi connectivity index (χ2n) is 6.85. The largest absolute Gasteiger partial charge is 0.379 e. The number of nitrogens with one attached hydrogen (secondary N) is 2. The summed E-state index contributed by atoms with van der Waals surface area (Å²) < 4.78 is 0.941. The number of carbonyl (C=O) groups is 1. The van der Waals surface area contributed by atoms with Gasteiger partial charge in [-0.1, -0.05) is 35.9 Å². The molecule has 0 spiro atoms. The van der Waals surface area contributed by atoms with E-state index in [4.69, 9.17) is 11.6 Å². The fourth-order valence-electron chi connectivity index (χ4n) is 3.27. The lowest BCUT2D eigenvalue weighted by Gasteiger charge is -2.12. The first-order valence-corrected chi connectivity index (χ1v) is 10.8. The van der Waals surface area contributed by atoms with Crippen molar-refractivity contribution in [2.45, 2.75) is 6.54 Å². The van der Waals surface area contributed by atoms with Gasteiger partial charge in [-0.05, 0) is 47.2 Å². The smallest absolute Gasteiger partial charge is 0.294 e. The Morgan fingerprint density at radius 2 is 1.87 bits per heavy atom. The second kappa shape index (κ2) is 8.29. The Kier molecular flexibility index (Phi) is 5.19. The molecule has 3 heterocycles. The van der Waals surface area contributed by atoms with E-state index in [0.717, 1.165) is 32.4 Å². The van der Waals surface area contributed by atoms with Crippen molar-refractivity contribution in [1.82, 2.24) is 15.0 Å². The summed E-state index contributed by atoms with van der Waals surface area (Å²) in [7, 11) is 0. The Morgan fingerprint density at radius 3 is 2.74 bits per heavy atom. The van der Waals surface area contributed by atoms with Crippen molar-refractivity contribution in [1.29, 1.82) is 0 Å². The first kappa shape index (κ1) is 19.4. The van der Waals surface area contributed by atoms with Gasteiger partial charge in [-0.3, -0.25) is 4.79 Å². The third kappa shape index (κ3) is 4.19. The summed E-state index contributed by atoms with van der Waals surface area (Å²) in [6, 6.07) is 19.1. The zero-order valence-electron chi connectivity index (χ0n) is 16.2. The molecule has 0 atom stereocenters. The highest BCUT2D eigenvalue weighted by Crippen LogP contribution is 2.23. The summed E-state index contributed by atoms with van der Waals surface area (Å²) in [5, 5.41) is 10.8. The van der Waals surface area contributed by atoms with Gasteiger partial charge in [0.2, 0.25) is 5.82 Å². The molecule has 1 amide bonds. The molecule has 0 aliphatic rings. The van der Waals surface area contributed by atoms with Crippen molar-refractivity contribution in [3.63, 3.8) is 0 Å². The molecule has 0 radical (unpaired) electrons. The first-order chi connectivity index (χ1) is 15.2. The maximum Gasteiger partial charge on any atom is 0.294 e. The highest BCUT2D eigenvalue weighted by atomic mass is 35.5. The predicted molar refractivity (Wildman–Crippen MR) is 126 cm³/mol. The molecular formula is C23H16ClN5OS. The standard InChI is InChI=1S/C23H16ClN5OS/c24-15-5-7-16(8-6-15)25-12-19-17-4-2-1-3-14(17)11-21(27-19)29-23(30)22-26-13-20-18(28-22)9-10-31-20/h1-11,13,25H,12H2,(H,27,29,30). The van der Waals surface area contributed by atoms with E-state index >= 15 is 0 Å². The Balaban J connectivity index is 1.42. The van der Waals surface area contributed by atoms with Crippen LogP contribution in [-0.4, -0.2) is 20.9 Å². The topological polar surface area (TPSA) is 79.8 Å². The van der Waals surface area contributed by atoms with Gasteiger partial charge in [0.05, 0.1) is 22.5 Å². The molecule has 0 fully saturated rings. The van der Waals surface area contributed by atoms with Gasteiger partial charge < -0.3 is 10.6 Å². The van der Waals surface area contributed by atoms with Crippen LogP contribution in [0.4, 0.5) is 11.5 Å². The third-order valence-corrected chi connectivity index (χ3v) is 5.86. The molecule has 2 aromatic carbocycles. The number of amides is 1. The van der Waals surface area contributed by atoms with Crippen LogP contribution in [0.1, 0.15) is 16.3 Å². The number of pyridine rings is 1. The van der Waals surface area contributed by atoms with Gasteiger partial charge in [-0.25, -0.2) is 15.0 Å². The summed E-state index contributed by atoms with van der Waals surface area (Å²) in [5.74, 6) is 0.166. The van der Waals surface area contributed by atoms with Crippen molar-refractivity contribution in [2.75, 3.05) is 10.6 Å². The molecule has 0 bridgehead atoms. The number of fused-ring (bicyclic) bond motifs is 2. The van der Waals surface area contributed by atoms with Crippen molar-refractivity contribution in [2.24, 2.45) is 0 Å². The summed E-state index contributed by atoms with van der Waals surface area (Å²) >= 11 is 7.50. The van der Waals surface area contributed by atoms with Crippen molar-refractivity contribution in [3.05, 3.63) is 88.8 Å². The molecule has 31 heavy (non-hydrogen) atoms. The van der Waals surface area contributed by atoms with Gasteiger partial charge in [0.25, 0.3) is 5.91 Å². The molecule has 0 unspecified atom stereocenters. The Morgan fingerprint density at radius 1 is 1.03 bits per heavy atom. The lowest BCUT2D eigenvalue weighted by Crippen LogP contribution is -2.17. The van der Waals surface area contributed by atoms with E-state index in [0.29, 0.717) is 17.4 Å². The molecule has 5 aromatic rings. The van der Waals surface area contributed by atoms with Gasteiger partial charge in [0.15, 0.2) is 0 Å². The van der Waals surface area contributed by atoms with Gasteiger partial charge in [-0.2, -0.15) is 0 Å². The van der Waals surface area contributed by atoms with Crippen LogP contribution in [-0.2, 0) is 6.54 Å². The minimum Gasteiger partial charge on any atom is -0.379 e. The molecule has 3 aromatic heterocycles. The van der Waals surface area contributed by atoms with E-state index in [9.17, 15) is 4.79 Å². The average molecular weight is 446 g/mol. The number of rotatable bonds is 5.